The molecule has 4 aromatic rings. The number of imidazole rings is 1. The van der Waals surface area contributed by atoms with Crippen LogP contribution < -0.4 is 15.8 Å². The third kappa shape index (κ3) is 4.31. The zero-order chi connectivity index (χ0) is 26.1. The van der Waals surface area contributed by atoms with Gasteiger partial charge in [0.15, 0.2) is 0 Å². The number of ether oxygens (including phenoxy) is 1. The molecule has 4 N–H and O–H groups in total. The lowest BCUT2D eigenvalue weighted by atomic mass is 9.85. The Labute approximate surface area is 221 Å². The van der Waals surface area contributed by atoms with Gasteiger partial charge in [-0.3, -0.25) is 0 Å². The van der Waals surface area contributed by atoms with Crippen molar-refractivity contribution in [2.75, 3.05) is 7.11 Å². The molecule has 182 valence electrons. The number of rotatable bonds is 5. The summed E-state index contributed by atoms with van der Waals surface area (Å²) in [4.78, 5) is 5.36. The third-order valence-electron chi connectivity index (χ3n) is 5.93. The molecule has 2 aromatic carbocycles. The van der Waals surface area contributed by atoms with E-state index < -0.39 is 5.92 Å². The summed E-state index contributed by atoms with van der Waals surface area (Å²) in [5.74, 6) is 0.00169. The SMILES string of the molecule is COc1ccc(-c2nc3ccc(Cl)cn3c2C2C(C#N)=C(N)NC(Sc3ccccc3O)=C2C#N)cc1. The van der Waals surface area contributed by atoms with Gasteiger partial charge in [-0.25, -0.2) is 4.98 Å². The molecular formula is C27H19ClN6O2S. The van der Waals surface area contributed by atoms with Crippen LogP contribution >= 0.6 is 23.4 Å². The molecule has 0 radical (unpaired) electrons. The molecule has 3 heterocycles. The van der Waals surface area contributed by atoms with E-state index in [1.54, 1.807) is 54.1 Å². The van der Waals surface area contributed by atoms with Gasteiger partial charge >= 0.3 is 0 Å². The van der Waals surface area contributed by atoms with E-state index in [0.717, 1.165) is 17.3 Å². The summed E-state index contributed by atoms with van der Waals surface area (Å²) in [7, 11) is 1.59. The van der Waals surface area contributed by atoms with Crippen LogP contribution in [0.5, 0.6) is 11.5 Å². The van der Waals surface area contributed by atoms with Crippen molar-refractivity contribution >= 4 is 29.0 Å². The molecule has 1 atom stereocenters. The molecule has 0 amide bonds. The van der Waals surface area contributed by atoms with Gasteiger partial charge in [0.05, 0.1) is 62.6 Å². The van der Waals surface area contributed by atoms with Crippen molar-refractivity contribution in [3.63, 3.8) is 0 Å². The molecule has 0 aliphatic carbocycles. The molecule has 1 aliphatic rings. The Hall–Kier alpha value is -4.57. The summed E-state index contributed by atoms with van der Waals surface area (Å²) in [6.45, 7) is 0. The maximum Gasteiger partial charge on any atom is 0.137 e. The Kier molecular flexibility index (Phi) is 6.41. The van der Waals surface area contributed by atoms with E-state index in [9.17, 15) is 15.6 Å². The van der Waals surface area contributed by atoms with Gasteiger partial charge in [-0.05, 0) is 48.5 Å². The van der Waals surface area contributed by atoms with Gasteiger partial charge in [-0.1, -0.05) is 35.5 Å². The number of phenols is 1. The van der Waals surface area contributed by atoms with Crippen LogP contribution in [0.4, 0.5) is 0 Å². The first kappa shape index (κ1) is 24.1. The van der Waals surface area contributed by atoms with Crippen molar-refractivity contribution in [1.29, 1.82) is 10.5 Å². The van der Waals surface area contributed by atoms with Crippen molar-refractivity contribution in [2.24, 2.45) is 5.73 Å². The number of fused-ring (bicyclic) bond motifs is 1. The van der Waals surface area contributed by atoms with Crippen LogP contribution in [0.15, 0.2) is 93.8 Å². The maximum absolute atomic E-state index is 10.4. The highest BCUT2D eigenvalue weighted by Crippen LogP contribution is 2.45. The van der Waals surface area contributed by atoms with Crippen molar-refractivity contribution in [3.05, 3.63) is 99.6 Å². The summed E-state index contributed by atoms with van der Waals surface area (Å²) in [5, 5.41) is 34.7. The molecule has 0 fully saturated rings. The Bertz CT molecular complexity index is 1680. The lowest BCUT2D eigenvalue weighted by molar-refractivity contribution is 0.415. The van der Waals surface area contributed by atoms with Crippen molar-refractivity contribution in [2.45, 2.75) is 10.8 Å². The van der Waals surface area contributed by atoms with Gasteiger partial charge < -0.3 is 25.3 Å². The van der Waals surface area contributed by atoms with Gasteiger partial charge in [0, 0.05) is 11.8 Å². The van der Waals surface area contributed by atoms with Crippen LogP contribution in [0.25, 0.3) is 16.9 Å². The second-order valence-corrected chi connectivity index (χ2v) is 9.56. The molecule has 2 aromatic heterocycles. The average molecular weight is 527 g/mol. The van der Waals surface area contributed by atoms with E-state index >= 15 is 0 Å². The lowest BCUT2D eigenvalue weighted by Gasteiger charge is -2.27. The number of para-hydroxylation sites is 1. The maximum atomic E-state index is 10.4. The predicted octanol–water partition coefficient (Wildman–Crippen LogP) is 5.28. The minimum atomic E-state index is -0.852. The highest BCUT2D eigenvalue weighted by Gasteiger charge is 2.36. The monoisotopic (exact) mass is 526 g/mol. The van der Waals surface area contributed by atoms with E-state index in [2.05, 4.69) is 17.5 Å². The zero-order valence-electron chi connectivity index (χ0n) is 19.4. The van der Waals surface area contributed by atoms with E-state index in [0.29, 0.717) is 37.7 Å². The van der Waals surface area contributed by atoms with Crippen LogP contribution in [0, 0.1) is 22.7 Å². The Morgan fingerprint density at radius 2 is 1.81 bits per heavy atom. The number of nitrogens with zero attached hydrogens (tertiary/aromatic N) is 4. The first-order valence-electron chi connectivity index (χ1n) is 11.0. The highest BCUT2D eigenvalue weighted by molar-refractivity contribution is 8.03. The van der Waals surface area contributed by atoms with Crippen molar-refractivity contribution < 1.29 is 9.84 Å². The number of pyridine rings is 1. The molecular weight excluding hydrogens is 508 g/mol. The number of aromatic nitrogens is 2. The normalized spacial score (nSPS) is 15.3. The van der Waals surface area contributed by atoms with Crippen LogP contribution in [0.3, 0.4) is 0 Å². The average Bonchev–Trinajstić information content (AvgIpc) is 3.28. The van der Waals surface area contributed by atoms with E-state index in [4.69, 9.17) is 27.1 Å². The number of methoxy groups -OCH3 is 1. The number of aromatic hydroxyl groups is 1. The van der Waals surface area contributed by atoms with E-state index in [1.807, 2.05) is 24.3 Å². The van der Waals surface area contributed by atoms with Gasteiger partial charge in [-0.15, -0.1) is 0 Å². The molecule has 1 aliphatic heterocycles. The molecule has 0 saturated carbocycles. The molecule has 10 heteroatoms. The quantitative estimate of drug-likeness (QED) is 0.320. The summed E-state index contributed by atoms with van der Waals surface area (Å²) in [5.41, 5.74) is 9.26. The first-order chi connectivity index (χ1) is 17.9. The zero-order valence-corrected chi connectivity index (χ0v) is 21.0. The van der Waals surface area contributed by atoms with Gasteiger partial charge in [0.1, 0.15) is 23.0 Å². The minimum Gasteiger partial charge on any atom is -0.507 e. The lowest BCUT2D eigenvalue weighted by Crippen LogP contribution is -2.30. The number of dihydropyridines is 1. The number of nitrogens with one attached hydrogen (secondary N) is 1. The highest BCUT2D eigenvalue weighted by atomic mass is 35.5. The fourth-order valence-electron chi connectivity index (χ4n) is 4.21. The van der Waals surface area contributed by atoms with Gasteiger partial charge in [0.25, 0.3) is 0 Å². The molecule has 5 rings (SSSR count). The summed E-state index contributed by atoms with van der Waals surface area (Å²) in [6.07, 6.45) is 1.70. The van der Waals surface area contributed by atoms with Crippen LogP contribution in [-0.4, -0.2) is 21.6 Å². The van der Waals surface area contributed by atoms with E-state index in [-0.39, 0.29) is 22.7 Å². The minimum absolute atomic E-state index is 0.0600. The largest absolute Gasteiger partial charge is 0.507 e. The third-order valence-corrected chi connectivity index (χ3v) is 7.25. The predicted molar refractivity (Wildman–Crippen MR) is 141 cm³/mol. The number of phenolic OH excluding ortho intramolecular Hbond substituents is 1. The Morgan fingerprint density at radius 3 is 2.49 bits per heavy atom. The Morgan fingerprint density at radius 1 is 1.08 bits per heavy atom. The number of hydrogen-bond acceptors (Lipinski definition) is 8. The Balaban J connectivity index is 1.79. The number of nitriles is 2. The molecule has 8 nitrogen and oxygen atoms in total. The molecule has 0 saturated heterocycles. The summed E-state index contributed by atoms with van der Waals surface area (Å²) in [6, 6.07) is 22.1. The van der Waals surface area contributed by atoms with Crippen LogP contribution in [0.2, 0.25) is 5.02 Å². The number of allylic oxidation sites excluding steroid dienone is 2. The molecule has 0 bridgehead atoms. The molecule has 37 heavy (non-hydrogen) atoms. The number of nitrogens with two attached hydrogens (primary N) is 1. The fourth-order valence-corrected chi connectivity index (χ4v) is 5.34. The second-order valence-electron chi connectivity index (χ2n) is 8.07. The second kappa shape index (κ2) is 9.82. The van der Waals surface area contributed by atoms with Crippen molar-refractivity contribution in [3.8, 4) is 34.9 Å². The number of benzene rings is 2. The standard InChI is InChI=1S/C27H19ClN6O2S/c1-36-17-9-6-15(7-10-17)24-25(34-14-16(28)8-11-22(34)32-24)23-18(12-29)26(31)33-27(19(23)13-30)37-21-5-3-2-4-20(21)35/h2-11,14,23,33,35H,31H2,1H3. The number of halogens is 1. The molecule has 1 unspecified atom stereocenters. The summed E-state index contributed by atoms with van der Waals surface area (Å²) >= 11 is 7.52. The van der Waals surface area contributed by atoms with Gasteiger partial charge in [0.2, 0.25) is 0 Å². The first-order valence-corrected chi connectivity index (χ1v) is 12.2. The van der Waals surface area contributed by atoms with Crippen LogP contribution in [-0.2, 0) is 0 Å². The number of hydrogen-bond donors (Lipinski definition) is 3. The van der Waals surface area contributed by atoms with Crippen LogP contribution in [0.1, 0.15) is 11.6 Å². The van der Waals surface area contributed by atoms with Gasteiger partial charge in [-0.2, -0.15) is 10.5 Å². The van der Waals surface area contributed by atoms with Crippen molar-refractivity contribution in [1.82, 2.24) is 14.7 Å². The fraction of sp³-hybridized carbons (Fsp3) is 0.0741. The molecule has 0 spiro atoms. The smallest absolute Gasteiger partial charge is 0.137 e. The number of thioether (sulfide) groups is 1. The van der Waals surface area contributed by atoms with E-state index in [1.165, 1.54) is 0 Å². The summed E-state index contributed by atoms with van der Waals surface area (Å²) < 4.78 is 7.08. The topological polar surface area (TPSA) is 132 Å².